The number of hydrogen-bond donors (Lipinski definition) is 1. The summed E-state index contributed by atoms with van der Waals surface area (Å²) in [6, 6.07) is 4.19. The summed E-state index contributed by atoms with van der Waals surface area (Å²) in [6.07, 6.45) is 1.76. The normalized spacial score (nSPS) is 12.5. The number of aromatic nitrogens is 1. The Labute approximate surface area is 115 Å². The van der Waals surface area contributed by atoms with Crippen LogP contribution in [0.5, 0.6) is 0 Å². The van der Waals surface area contributed by atoms with Crippen molar-refractivity contribution in [1.29, 1.82) is 0 Å². The molecule has 1 atom stereocenters. The molecular formula is C13H22N4S. The zero-order chi connectivity index (χ0) is 13.7. The van der Waals surface area contributed by atoms with Crippen molar-refractivity contribution < 1.29 is 0 Å². The maximum absolute atomic E-state index is 5.66. The van der Waals surface area contributed by atoms with Crippen molar-refractivity contribution in [1.82, 2.24) is 9.88 Å². The van der Waals surface area contributed by atoms with Crippen molar-refractivity contribution in [2.75, 3.05) is 32.1 Å². The fourth-order valence-corrected chi connectivity index (χ4v) is 2.18. The summed E-state index contributed by atoms with van der Waals surface area (Å²) < 4.78 is 0. The molecule has 0 aliphatic carbocycles. The van der Waals surface area contributed by atoms with Gasteiger partial charge in [0.2, 0.25) is 0 Å². The summed E-state index contributed by atoms with van der Waals surface area (Å²) in [7, 11) is 4.15. The van der Waals surface area contributed by atoms with Gasteiger partial charge in [-0.25, -0.2) is 4.98 Å². The number of pyridine rings is 1. The first kappa shape index (κ1) is 14.9. The van der Waals surface area contributed by atoms with Crippen LogP contribution in [0.1, 0.15) is 19.4 Å². The minimum absolute atomic E-state index is 0.388. The Morgan fingerprint density at radius 2 is 2.17 bits per heavy atom. The molecule has 1 rings (SSSR count). The smallest absolute Gasteiger partial charge is 0.129 e. The summed E-state index contributed by atoms with van der Waals surface area (Å²) >= 11 is 5.00. The van der Waals surface area contributed by atoms with Crippen molar-refractivity contribution in [2.24, 2.45) is 5.73 Å². The molecule has 0 spiro atoms. The molecule has 1 heterocycles. The molecule has 0 aliphatic rings. The third kappa shape index (κ3) is 3.92. The molecule has 4 nitrogen and oxygen atoms in total. The molecule has 5 heteroatoms. The van der Waals surface area contributed by atoms with Crippen LogP contribution in [0.25, 0.3) is 0 Å². The van der Waals surface area contributed by atoms with E-state index >= 15 is 0 Å². The van der Waals surface area contributed by atoms with E-state index in [1.165, 1.54) is 0 Å². The van der Waals surface area contributed by atoms with Crippen molar-refractivity contribution in [3.05, 3.63) is 23.9 Å². The van der Waals surface area contributed by atoms with Gasteiger partial charge in [-0.2, -0.15) is 0 Å². The number of nitrogens with two attached hydrogens (primary N) is 1. The first-order valence-electron chi connectivity index (χ1n) is 6.13. The summed E-state index contributed by atoms with van der Waals surface area (Å²) in [5, 5.41) is 0. The first-order valence-corrected chi connectivity index (χ1v) is 6.53. The van der Waals surface area contributed by atoms with Crippen molar-refractivity contribution >= 4 is 23.0 Å². The average Bonchev–Trinajstić information content (AvgIpc) is 2.29. The lowest BCUT2D eigenvalue weighted by Gasteiger charge is -2.31. The summed E-state index contributed by atoms with van der Waals surface area (Å²) in [6.45, 7) is 6.20. The monoisotopic (exact) mass is 266 g/mol. The molecule has 0 saturated heterocycles. The molecule has 0 saturated carbocycles. The van der Waals surface area contributed by atoms with Crippen molar-refractivity contribution in [2.45, 2.75) is 19.9 Å². The summed E-state index contributed by atoms with van der Waals surface area (Å²) in [4.78, 5) is 9.25. The highest BCUT2D eigenvalue weighted by Gasteiger charge is 2.15. The number of thiocarbonyl (C=S) groups is 1. The van der Waals surface area contributed by atoms with Gasteiger partial charge in [-0.3, -0.25) is 0 Å². The van der Waals surface area contributed by atoms with E-state index in [9.17, 15) is 0 Å². The summed E-state index contributed by atoms with van der Waals surface area (Å²) in [5.41, 5.74) is 6.52. The van der Waals surface area contributed by atoms with Gasteiger partial charge in [0.25, 0.3) is 0 Å². The molecule has 1 aromatic rings. The topological polar surface area (TPSA) is 45.4 Å². The van der Waals surface area contributed by atoms with Gasteiger partial charge in [0.1, 0.15) is 10.8 Å². The largest absolute Gasteiger partial charge is 0.389 e. The number of likely N-dealkylation sites (N-methyl/N-ethyl adjacent to an activating group) is 2. The zero-order valence-corrected chi connectivity index (χ0v) is 12.4. The maximum atomic E-state index is 5.66. The molecule has 0 amide bonds. The van der Waals surface area contributed by atoms with Crippen LogP contribution in [0.2, 0.25) is 0 Å². The molecule has 0 bridgehead atoms. The van der Waals surface area contributed by atoms with E-state index in [0.717, 1.165) is 24.5 Å². The molecule has 0 aliphatic heterocycles. The van der Waals surface area contributed by atoms with E-state index in [4.69, 9.17) is 18.0 Å². The van der Waals surface area contributed by atoms with Gasteiger partial charge in [0, 0.05) is 30.9 Å². The molecule has 0 fully saturated rings. The SMILES string of the molecule is CCN(c1cc(C(N)=S)ccn1)C(C)CN(C)C. The fraction of sp³-hybridized carbons (Fsp3) is 0.538. The van der Waals surface area contributed by atoms with E-state index in [1.807, 2.05) is 12.1 Å². The predicted octanol–water partition coefficient (Wildman–Crippen LogP) is 1.49. The molecule has 1 unspecified atom stereocenters. The Bertz CT molecular complexity index is 406. The highest BCUT2D eigenvalue weighted by molar-refractivity contribution is 7.80. The maximum Gasteiger partial charge on any atom is 0.129 e. The third-order valence-corrected chi connectivity index (χ3v) is 3.06. The van der Waals surface area contributed by atoms with Gasteiger partial charge in [0.15, 0.2) is 0 Å². The van der Waals surface area contributed by atoms with E-state index < -0.39 is 0 Å². The Balaban J connectivity index is 2.94. The van der Waals surface area contributed by atoms with Crippen LogP contribution in [0.4, 0.5) is 5.82 Å². The molecule has 0 radical (unpaired) electrons. The average molecular weight is 266 g/mol. The fourth-order valence-electron chi connectivity index (χ4n) is 2.06. The number of anilines is 1. The highest BCUT2D eigenvalue weighted by atomic mass is 32.1. The second kappa shape index (κ2) is 6.66. The zero-order valence-electron chi connectivity index (χ0n) is 11.6. The van der Waals surface area contributed by atoms with Crippen LogP contribution in [-0.2, 0) is 0 Å². The van der Waals surface area contributed by atoms with Crippen LogP contribution >= 0.6 is 12.2 Å². The van der Waals surface area contributed by atoms with Crippen LogP contribution in [0, 0.1) is 0 Å². The van der Waals surface area contributed by atoms with Crippen molar-refractivity contribution in [3.63, 3.8) is 0 Å². The summed E-state index contributed by atoms with van der Waals surface area (Å²) in [5.74, 6) is 0.928. The molecular weight excluding hydrogens is 244 g/mol. The van der Waals surface area contributed by atoms with E-state index in [0.29, 0.717) is 11.0 Å². The van der Waals surface area contributed by atoms with Crippen LogP contribution in [0.15, 0.2) is 18.3 Å². The van der Waals surface area contributed by atoms with Gasteiger partial charge in [-0.15, -0.1) is 0 Å². The minimum Gasteiger partial charge on any atom is -0.389 e. The number of nitrogens with zero attached hydrogens (tertiary/aromatic N) is 3. The minimum atomic E-state index is 0.388. The number of hydrogen-bond acceptors (Lipinski definition) is 4. The molecule has 18 heavy (non-hydrogen) atoms. The lowest BCUT2D eigenvalue weighted by molar-refractivity contribution is 0.372. The Hall–Kier alpha value is -1.20. The first-order chi connectivity index (χ1) is 8.45. The van der Waals surface area contributed by atoms with E-state index in [1.54, 1.807) is 6.20 Å². The third-order valence-electron chi connectivity index (χ3n) is 2.83. The van der Waals surface area contributed by atoms with Crippen LogP contribution < -0.4 is 10.6 Å². The Morgan fingerprint density at radius 3 is 2.67 bits per heavy atom. The highest BCUT2D eigenvalue weighted by Crippen LogP contribution is 2.15. The quantitative estimate of drug-likeness (QED) is 0.791. The molecule has 1 aromatic heterocycles. The van der Waals surface area contributed by atoms with Crippen LogP contribution in [-0.4, -0.2) is 48.1 Å². The second-order valence-corrected chi connectivity index (χ2v) is 5.10. The van der Waals surface area contributed by atoms with Gasteiger partial charge in [-0.05, 0) is 40.1 Å². The Kier molecular flexibility index (Phi) is 5.50. The standard InChI is InChI=1S/C13H22N4S/c1-5-17(10(2)9-16(3)4)12-8-11(13(14)18)6-7-15-12/h6-8,10H,5,9H2,1-4H3,(H2,14,18). The van der Waals surface area contributed by atoms with Gasteiger partial charge in [-0.1, -0.05) is 12.2 Å². The molecule has 0 aromatic carbocycles. The number of rotatable bonds is 6. The second-order valence-electron chi connectivity index (χ2n) is 4.66. The lowest BCUT2D eigenvalue weighted by Crippen LogP contribution is -2.40. The molecule has 2 N–H and O–H groups in total. The van der Waals surface area contributed by atoms with E-state index in [2.05, 4.69) is 42.7 Å². The van der Waals surface area contributed by atoms with Gasteiger partial charge in [0.05, 0.1) is 0 Å². The van der Waals surface area contributed by atoms with Crippen molar-refractivity contribution in [3.8, 4) is 0 Å². The Morgan fingerprint density at radius 1 is 1.50 bits per heavy atom. The lowest BCUT2D eigenvalue weighted by atomic mass is 10.2. The van der Waals surface area contributed by atoms with Gasteiger partial charge < -0.3 is 15.5 Å². The molecule has 100 valence electrons. The van der Waals surface area contributed by atoms with Crippen LogP contribution in [0.3, 0.4) is 0 Å². The van der Waals surface area contributed by atoms with Gasteiger partial charge >= 0.3 is 0 Å². The predicted molar refractivity (Wildman–Crippen MR) is 81.2 cm³/mol. The van der Waals surface area contributed by atoms with E-state index in [-0.39, 0.29) is 0 Å².